The van der Waals surface area contributed by atoms with Crippen LogP contribution >= 0.6 is 0 Å². The van der Waals surface area contributed by atoms with Gasteiger partial charge in [0.25, 0.3) is 5.56 Å². The predicted molar refractivity (Wildman–Crippen MR) is 72.0 cm³/mol. The molecule has 0 aliphatic carbocycles. The summed E-state index contributed by atoms with van der Waals surface area (Å²) in [5, 5.41) is 13.9. The van der Waals surface area contributed by atoms with Crippen LogP contribution in [0.1, 0.15) is 12.6 Å². The molecule has 0 N–H and O–H groups in total. The molecular formula is C14H13N3O3. The molecule has 102 valence electrons. The van der Waals surface area contributed by atoms with Crippen molar-refractivity contribution in [1.82, 2.24) is 9.78 Å². The van der Waals surface area contributed by atoms with Gasteiger partial charge in [-0.2, -0.15) is 10.4 Å². The summed E-state index contributed by atoms with van der Waals surface area (Å²) < 4.78 is 5.96. The van der Waals surface area contributed by atoms with E-state index in [0.717, 1.165) is 4.68 Å². The molecule has 0 aliphatic heterocycles. The summed E-state index contributed by atoms with van der Waals surface area (Å²) in [7, 11) is 0. The Bertz CT molecular complexity index is 743. The van der Waals surface area contributed by atoms with Crippen LogP contribution in [0.5, 0.6) is 0 Å². The lowest BCUT2D eigenvalue weighted by atomic mass is 10.1. The van der Waals surface area contributed by atoms with Crippen molar-refractivity contribution in [3.8, 4) is 6.07 Å². The van der Waals surface area contributed by atoms with Gasteiger partial charge in [-0.1, -0.05) is 18.2 Å². The summed E-state index contributed by atoms with van der Waals surface area (Å²) in [4.78, 5) is 23.7. The van der Waals surface area contributed by atoms with Gasteiger partial charge in [0, 0.05) is 5.39 Å². The van der Waals surface area contributed by atoms with E-state index in [1.165, 1.54) is 0 Å². The van der Waals surface area contributed by atoms with Crippen molar-refractivity contribution in [3.63, 3.8) is 0 Å². The van der Waals surface area contributed by atoms with Gasteiger partial charge in [0.2, 0.25) is 0 Å². The molecule has 0 saturated heterocycles. The van der Waals surface area contributed by atoms with E-state index in [9.17, 15) is 9.59 Å². The third-order valence-corrected chi connectivity index (χ3v) is 2.78. The SMILES string of the molecule is CCOC(=O)Cc1nn(CC#N)c(=O)c2ccccc12. The summed E-state index contributed by atoms with van der Waals surface area (Å²) >= 11 is 0. The first-order valence-electron chi connectivity index (χ1n) is 6.18. The van der Waals surface area contributed by atoms with Crippen LogP contribution in [0.15, 0.2) is 29.1 Å². The maximum Gasteiger partial charge on any atom is 0.311 e. The minimum Gasteiger partial charge on any atom is -0.466 e. The van der Waals surface area contributed by atoms with E-state index in [1.54, 1.807) is 31.2 Å². The van der Waals surface area contributed by atoms with Crippen molar-refractivity contribution in [3.05, 3.63) is 40.3 Å². The zero-order valence-corrected chi connectivity index (χ0v) is 11.0. The van der Waals surface area contributed by atoms with E-state index >= 15 is 0 Å². The van der Waals surface area contributed by atoms with Crippen LogP contribution in [0.4, 0.5) is 0 Å². The lowest BCUT2D eigenvalue weighted by molar-refractivity contribution is -0.142. The van der Waals surface area contributed by atoms with Crippen LogP contribution in [-0.4, -0.2) is 22.4 Å². The van der Waals surface area contributed by atoms with E-state index < -0.39 is 5.97 Å². The second-order valence-corrected chi connectivity index (χ2v) is 4.09. The number of esters is 1. The first-order chi connectivity index (χ1) is 9.67. The maximum absolute atomic E-state index is 12.1. The first kappa shape index (κ1) is 13.7. The fourth-order valence-corrected chi connectivity index (χ4v) is 1.96. The van der Waals surface area contributed by atoms with Gasteiger partial charge in [-0.25, -0.2) is 4.68 Å². The molecule has 1 aromatic heterocycles. The number of fused-ring (bicyclic) bond motifs is 1. The lowest BCUT2D eigenvalue weighted by Crippen LogP contribution is -2.25. The number of ether oxygens (including phenoxy) is 1. The molecule has 20 heavy (non-hydrogen) atoms. The van der Waals surface area contributed by atoms with Crippen molar-refractivity contribution < 1.29 is 9.53 Å². The van der Waals surface area contributed by atoms with E-state index in [-0.39, 0.29) is 25.1 Å². The number of rotatable bonds is 4. The Hall–Kier alpha value is -2.68. The minimum atomic E-state index is -0.410. The fraction of sp³-hybridized carbons (Fsp3) is 0.286. The van der Waals surface area contributed by atoms with Gasteiger partial charge in [0.1, 0.15) is 6.54 Å². The summed E-state index contributed by atoms with van der Waals surface area (Å²) in [6.45, 7) is 1.86. The van der Waals surface area contributed by atoms with E-state index in [1.807, 2.05) is 6.07 Å². The Morgan fingerprint density at radius 2 is 2.10 bits per heavy atom. The smallest absolute Gasteiger partial charge is 0.311 e. The van der Waals surface area contributed by atoms with Gasteiger partial charge in [-0.15, -0.1) is 0 Å². The molecule has 0 atom stereocenters. The summed E-state index contributed by atoms with van der Waals surface area (Å²) in [5.74, 6) is -0.410. The standard InChI is InChI=1S/C14H13N3O3/c1-2-20-13(18)9-12-10-5-3-4-6-11(10)14(19)17(16-12)8-7-15/h3-6H,2,8-9H2,1H3. The van der Waals surface area contributed by atoms with Gasteiger partial charge in [0.15, 0.2) is 0 Å². The third kappa shape index (κ3) is 2.67. The van der Waals surface area contributed by atoms with Crippen molar-refractivity contribution >= 4 is 16.7 Å². The van der Waals surface area contributed by atoms with Crippen molar-refractivity contribution in [2.75, 3.05) is 6.61 Å². The largest absolute Gasteiger partial charge is 0.466 e. The fourth-order valence-electron chi connectivity index (χ4n) is 1.96. The highest BCUT2D eigenvalue weighted by Crippen LogP contribution is 2.14. The molecule has 0 radical (unpaired) electrons. The molecule has 0 fully saturated rings. The zero-order valence-electron chi connectivity index (χ0n) is 11.0. The van der Waals surface area contributed by atoms with Crippen molar-refractivity contribution in [1.29, 1.82) is 5.26 Å². The molecule has 0 spiro atoms. The second kappa shape index (κ2) is 5.97. The first-order valence-corrected chi connectivity index (χ1v) is 6.18. The molecule has 1 aromatic carbocycles. The van der Waals surface area contributed by atoms with E-state index in [2.05, 4.69) is 5.10 Å². The molecule has 1 heterocycles. The molecule has 2 rings (SSSR count). The van der Waals surface area contributed by atoms with Crippen LogP contribution in [0, 0.1) is 11.3 Å². The molecule has 2 aromatic rings. The highest BCUT2D eigenvalue weighted by Gasteiger charge is 2.13. The van der Waals surface area contributed by atoms with Crippen LogP contribution in [0.3, 0.4) is 0 Å². The van der Waals surface area contributed by atoms with Gasteiger partial charge in [-0.05, 0) is 13.0 Å². The molecule has 0 bridgehead atoms. The third-order valence-electron chi connectivity index (χ3n) is 2.78. The van der Waals surface area contributed by atoms with Crippen molar-refractivity contribution in [2.45, 2.75) is 19.9 Å². The summed E-state index contributed by atoms with van der Waals surface area (Å²) in [5.41, 5.74) is 0.101. The Morgan fingerprint density at radius 1 is 1.40 bits per heavy atom. The Kier molecular flexibility index (Phi) is 4.11. The number of carbonyl (C=O) groups is 1. The number of nitriles is 1. The monoisotopic (exact) mass is 271 g/mol. The molecule has 0 aliphatic rings. The molecule has 0 unspecified atom stereocenters. The Labute approximate surface area is 115 Å². The maximum atomic E-state index is 12.1. The van der Waals surface area contributed by atoms with Crippen LogP contribution in [0.2, 0.25) is 0 Å². The summed E-state index contributed by atoms with van der Waals surface area (Å²) in [6, 6.07) is 8.77. The van der Waals surface area contributed by atoms with Gasteiger partial charge >= 0.3 is 5.97 Å². The Morgan fingerprint density at radius 3 is 2.75 bits per heavy atom. The average Bonchev–Trinajstić information content (AvgIpc) is 2.44. The zero-order chi connectivity index (χ0) is 14.5. The number of benzene rings is 1. The number of carbonyl (C=O) groups excluding carboxylic acids is 1. The minimum absolute atomic E-state index is 0.0277. The molecule has 6 heteroatoms. The average molecular weight is 271 g/mol. The quantitative estimate of drug-likeness (QED) is 0.775. The molecule has 0 amide bonds. The van der Waals surface area contributed by atoms with Crippen LogP contribution < -0.4 is 5.56 Å². The normalized spacial score (nSPS) is 10.2. The molecular weight excluding hydrogens is 258 g/mol. The number of nitrogens with zero attached hydrogens (tertiary/aromatic N) is 3. The van der Waals surface area contributed by atoms with Crippen LogP contribution in [0.25, 0.3) is 10.8 Å². The van der Waals surface area contributed by atoms with Crippen LogP contribution in [-0.2, 0) is 22.5 Å². The highest BCUT2D eigenvalue weighted by molar-refractivity contribution is 5.86. The predicted octanol–water partition coefficient (Wildman–Crippen LogP) is 1.03. The highest BCUT2D eigenvalue weighted by atomic mass is 16.5. The second-order valence-electron chi connectivity index (χ2n) is 4.09. The number of hydrogen-bond donors (Lipinski definition) is 0. The molecule has 0 saturated carbocycles. The summed E-state index contributed by atoms with van der Waals surface area (Å²) in [6.07, 6.45) is -0.0277. The topological polar surface area (TPSA) is 85.0 Å². The van der Waals surface area contributed by atoms with Gasteiger partial charge in [-0.3, -0.25) is 9.59 Å². The van der Waals surface area contributed by atoms with Gasteiger partial charge < -0.3 is 4.74 Å². The number of hydrogen-bond acceptors (Lipinski definition) is 5. The van der Waals surface area contributed by atoms with Gasteiger partial charge in [0.05, 0.1) is 30.2 Å². The molecule has 6 nitrogen and oxygen atoms in total. The number of aromatic nitrogens is 2. The van der Waals surface area contributed by atoms with E-state index in [0.29, 0.717) is 16.5 Å². The Balaban J connectivity index is 2.58. The van der Waals surface area contributed by atoms with E-state index in [4.69, 9.17) is 10.00 Å². The lowest BCUT2D eigenvalue weighted by Gasteiger charge is -2.08. The van der Waals surface area contributed by atoms with Crippen molar-refractivity contribution in [2.24, 2.45) is 0 Å².